The highest BCUT2D eigenvalue weighted by Crippen LogP contribution is 2.25. The van der Waals surface area contributed by atoms with Gasteiger partial charge in [-0.1, -0.05) is 12.1 Å². The number of esters is 1. The summed E-state index contributed by atoms with van der Waals surface area (Å²) < 4.78 is 33.6. The normalized spacial score (nSPS) is 13.8. The molecule has 0 aliphatic carbocycles. The van der Waals surface area contributed by atoms with E-state index in [9.17, 15) is 23.2 Å². The zero-order valence-corrected chi connectivity index (χ0v) is 12.3. The molecule has 0 bridgehead atoms. The maximum absolute atomic E-state index is 12.3. The summed E-state index contributed by atoms with van der Waals surface area (Å²) in [5.74, 6) is -2.12. The van der Waals surface area contributed by atoms with Gasteiger partial charge >= 0.3 is 12.6 Å². The average molecular weight is 341 g/mol. The van der Waals surface area contributed by atoms with Crippen LogP contribution in [0.25, 0.3) is 0 Å². The van der Waals surface area contributed by atoms with Crippen molar-refractivity contribution in [2.45, 2.75) is 19.5 Å². The number of amides is 2. The number of carbonyl (C=O) groups is 3. The van der Waals surface area contributed by atoms with E-state index in [2.05, 4.69) is 20.6 Å². The van der Waals surface area contributed by atoms with Gasteiger partial charge < -0.3 is 14.8 Å². The molecule has 1 heterocycles. The number of halogens is 2. The summed E-state index contributed by atoms with van der Waals surface area (Å²) in [6.45, 7) is -3.69. The molecule has 0 saturated carbocycles. The quantitative estimate of drug-likeness (QED) is 0.752. The first-order chi connectivity index (χ1) is 11.5. The van der Waals surface area contributed by atoms with Crippen LogP contribution in [-0.2, 0) is 19.1 Å². The predicted molar refractivity (Wildman–Crippen MR) is 77.5 cm³/mol. The molecule has 1 aliphatic rings. The summed E-state index contributed by atoms with van der Waals surface area (Å²) in [7, 11) is 0. The van der Waals surface area contributed by atoms with Crippen LogP contribution in [-0.4, -0.2) is 36.7 Å². The van der Waals surface area contributed by atoms with E-state index in [1.54, 1.807) is 0 Å². The molecule has 128 valence electrons. The third-order valence-electron chi connectivity index (χ3n) is 2.85. The van der Waals surface area contributed by atoms with E-state index >= 15 is 0 Å². The monoisotopic (exact) mass is 341 g/mol. The number of ether oxygens (including phenoxy) is 2. The highest BCUT2D eigenvalue weighted by atomic mass is 19.3. The minimum absolute atomic E-state index is 0.0103. The van der Waals surface area contributed by atoms with Gasteiger partial charge in [0.2, 0.25) is 5.91 Å². The SMILES string of the molecule is O=C1CCC(C(=O)OCC(=O)Nc2ccccc2OC(F)F)=NN1. The van der Waals surface area contributed by atoms with Crippen LogP contribution < -0.4 is 15.5 Å². The zero-order valence-electron chi connectivity index (χ0n) is 12.3. The van der Waals surface area contributed by atoms with Crippen LogP contribution in [0, 0.1) is 0 Å². The van der Waals surface area contributed by atoms with E-state index in [1.165, 1.54) is 24.3 Å². The average Bonchev–Trinajstić information content (AvgIpc) is 2.54. The summed E-state index contributed by atoms with van der Waals surface area (Å²) in [5, 5.41) is 5.82. The van der Waals surface area contributed by atoms with Crippen LogP contribution in [0.1, 0.15) is 12.8 Å². The largest absolute Gasteiger partial charge is 0.451 e. The molecule has 0 radical (unpaired) electrons. The third kappa shape index (κ3) is 5.00. The van der Waals surface area contributed by atoms with Gasteiger partial charge in [0.25, 0.3) is 5.91 Å². The van der Waals surface area contributed by atoms with Crippen molar-refractivity contribution in [2.24, 2.45) is 5.10 Å². The number of alkyl halides is 2. The van der Waals surface area contributed by atoms with Crippen LogP contribution in [0.5, 0.6) is 5.75 Å². The van der Waals surface area contributed by atoms with Crippen molar-refractivity contribution in [3.05, 3.63) is 24.3 Å². The van der Waals surface area contributed by atoms with Gasteiger partial charge in [-0.3, -0.25) is 9.59 Å². The van der Waals surface area contributed by atoms with Crippen LogP contribution >= 0.6 is 0 Å². The summed E-state index contributed by atoms with van der Waals surface area (Å²) in [6.07, 6.45) is 0.204. The molecule has 1 aromatic rings. The Kier molecular flexibility index (Phi) is 5.77. The lowest BCUT2D eigenvalue weighted by Gasteiger charge is -2.13. The lowest BCUT2D eigenvalue weighted by molar-refractivity contribution is -0.140. The number of carbonyl (C=O) groups excluding carboxylic acids is 3. The molecule has 1 aromatic carbocycles. The van der Waals surface area contributed by atoms with E-state index in [4.69, 9.17) is 4.74 Å². The number of benzene rings is 1. The van der Waals surface area contributed by atoms with Crippen molar-refractivity contribution in [1.82, 2.24) is 5.43 Å². The minimum Gasteiger partial charge on any atom is -0.451 e. The van der Waals surface area contributed by atoms with Crippen molar-refractivity contribution in [2.75, 3.05) is 11.9 Å². The molecular formula is C14H13F2N3O5. The van der Waals surface area contributed by atoms with E-state index in [-0.39, 0.29) is 35.9 Å². The molecule has 2 rings (SSSR count). The lowest BCUT2D eigenvalue weighted by atomic mass is 10.2. The molecule has 2 amide bonds. The number of hydrogen-bond acceptors (Lipinski definition) is 6. The number of nitrogens with one attached hydrogen (secondary N) is 2. The van der Waals surface area contributed by atoms with Gasteiger partial charge in [-0.25, -0.2) is 10.2 Å². The van der Waals surface area contributed by atoms with Gasteiger partial charge in [-0.2, -0.15) is 13.9 Å². The van der Waals surface area contributed by atoms with E-state index in [1.807, 2.05) is 0 Å². The maximum Gasteiger partial charge on any atom is 0.387 e. The Labute approximate surface area is 134 Å². The molecule has 0 fully saturated rings. The molecule has 24 heavy (non-hydrogen) atoms. The molecule has 10 heteroatoms. The second kappa shape index (κ2) is 7.99. The summed E-state index contributed by atoms with van der Waals surface area (Å²) in [6, 6.07) is 5.59. The first kappa shape index (κ1) is 17.3. The molecule has 0 aromatic heterocycles. The molecule has 2 N–H and O–H groups in total. The molecule has 0 spiro atoms. The first-order valence-corrected chi connectivity index (χ1v) is 6.82. The molecule has 8 nitrogen and oxygen atoms in total. The fourth-order valence-corrected chi connectivity index (χ4v) is 1.79. The van der Waals surface area contributed by atoms with Gasteiger partial charge in [0, 0.05) is 12.8 Å². The highest BCUT2D eigenvalue weighted by Gasteiger charge is 2.20. The first-order valence-electron chi connectivity index (χ1n) is 6.82. The minimum atomic E-state index is -3.04. The van der Waals surface area contributed by atoms with Crippen LogP contribution in [0.15, 0.2) is 29.4 Å². The maximum atomic E-state index is 12.3. The van der Waals surface area contributed by atoms with Gasteiger partial charge in [-0.15, -0.1) is 0 Å². The fourth-order valence-electron chi connectivity index (χ4n) is 1.79. The van der Waals surface area contributed by atoms with Crippen LogP contribution in [0.2, 0.25) is 0 Å². The summed E-state index contributed by atoms with van der Waals surface area (Å²) in [4.78, 5) is 34.3. The Morgan fingerprint density at radius 2 is 2.04 bits per heavy atom. The van der Waals surface area contributed by atoms with Gasteiger partial charge in [0.1, 0.15) is 11.5 Å². The molecule has 0 atom stereocenters. The number of anilines is 1. The van der Waals surface area contributed by atoms with E-state index < -0.39 is 25.1 Å². The standard InChI is InChI=1S/C14H13F2N3O5/c15-14(16)24-10-4-2-1-3-8(10)17-12(21)7-23-13(22)9-5-6-11(20)19-18-9/h1-4,14H,5-7H2,(H,17,21)(H,19,20). The topological polar surface area (TPSA) is 106 Å². The number of para-hydroxylation sites is 2. The van der Waals surface area contributed by atoms with Gasteiger partial charge in [0.15, 0.2) is 6.61 Å². The number of hydrogen-bond donors (Lipinski definition) is 2. The Morgan fingerprint density at radius 3 is 2.71 bits per heavy atom. The molecule has 0 saturated heterocycles. The lowest BCUT2D eigenvalue weighted by Crippen LogP contribution is -2.32. The molecule has 1 aliphatic heterocycles. The Bertz CT molecular complexity index is 678. The Morgan fingerprint density at radius 1 is 1.29 bits per heavy atom. The number of rotatable bonds is 6. The van der Waals surface area contributed by atoms with E-state index in [0.29, 0.717) is 0 Å². The summed E-state index contributed by atoms with van der Waals surface area (Å²) >= 11 is 0. The summed E-state index contributed by atoms with van der Waals surface area (Å²) in [5.41, 5.74) is 2.13. The van der Waals surface area contributed by atoms with Gasteiger partial charge in [-0.05, 0) is 12.1 Å². The van der Waals surface area contributed by atoms with Crippen molar-refractivity contribution in [3.8, 4) is 5.75 Å². The van der Waals surface area contributed by atoms with E-state index in [0.717, 1.165) is 0 Å². The second-order valence-electron chi connectivity index (χ2n) is 4.59. The van der Waals surface area contributed by atoms with Crippen molar-refractivity contribution in [1.29, 1.82) is 0 Å². The zero-order chi connectivity index (χ0) is 17.5. The highest BCUT2D eigenvalue weighted by molar-refractivity contribution is 6.37. The second-order valence-corrected chi connectivity index (χ2v) is 4.59. The Hall–Kier alpha value is -3.04. The Balaban J connectivity index is 1.88. The van der Waals surface area contributed by atoms with Crippen LogP contribution in [0.4, 0.5) is 14.5 Å². The molecular weight excluding hydrogens is 328 g/mol. The smallest absolute Gasteiger partial charge is 0.387 e. The molecule has 0 unspecified atom stereocenters. The fraction of sp³-hybridized carbons (Fsp3) is 0.286. The van der Waals surface area contributed by atoms with Crippen molar-refractivity contribution >= 4 is 29.2 Å². The van der Waals surface area contributed by atoms with Crippen LogP contribution in [0.3, 0.4) is 0 Å². The predicted octanol–water partition coefficient (Wildman–Crippen LogP) is 1.04. The van der Waals surface area contributed by atoms with Crippen molar-refractivity contribution in [3.63, 3.8) is 0 Å². The van der Waals surface area contributed by atoms with Gasteiger partial charge in [0.05, 0.1) is 5.69 Å². The number of hydrazone groups is 1. The third-order valence-corrected chi connectivity index (χ3v) is 2.85. The number of nitrogens with zero attached hydrogens (tertiary/aromatic N) is 1. The van der Waals surface area contributed by atoms with Crippen molar-refractivity contribution < 1.29 is 32.6 Å².